The monoisotopic (exact) mass is 279 g/mol. The molecule has 3 rings (SSSR count). The molecule has 0 radical (unpaired) electrons. The van der Waals surface area contributed by atoms with Gasteiger partial charge in [0.2, 0.25) is 0 Å². The molecule has 0 heterocycles. The quantitative estimate of drug-likeness (QED) is 0.749. The minimum absolute atomic E-state index is 0.130. The molecular weight excluding hydrogens is 261 g/mol. The summed E-state index contributed by atoms with van der Waals surface area (Å²) in [4.78, 5) is 0. The highest BCUT2D eigenvalue weighted by atomic mass is 19.1. The lowest BCUT2D eigenvalue weighted by Crippen LogP contribution is -2.14. The fourth-order valence-corrected chi connectivity index (χ4v) is 2.72. The Bertz CT molecular complexity index is 774. The predicted octanol–water partition coefficient (Wildman–Crippen LogP) is 4.53. The lowest BCUT2D eigenvalue weighted by atomic mass is 9.95. The van der Waals surface area contributed by atoms with Gasteiger partial charge in [-0.3, -0.25) is 0 Å². The topological polar surface area (TPSA) is 26.0 Å². The van der Waals surface area contributed by atoms with Gasteiger partial charge >= 0.3 is 0 Å². The van der Waals surface area contributed by atoms with Crippen LogP contribution in [0.15, 0.2) is 60.7 Å². The standard InChI is InChI=1S/C19H18FN/c1-13-11-16(9-10-18(13)20)19(21)12-15-7-4-6-14-5-2-3-8-17(14)15/h2-11,19H,12,21H2,1H3. The van der Waals surface area contributed by atoms with E-state index in [9.17, 15) is 4.39 Å². The number of nitrogens with two attached hydrogens (primary N) is 1. The van der Waals surface area contributed by atoms with Crippen LogP contribution in [0.1, 0.15) is 22.7 Å². The molecule has 0 amide bonds. The van der Waals surface area contributed by atoms with Gasteiger partial charge in [-0.1, -0.05) is 54.6 Å². The summed E-state index contributed by atoms with van der Waals surface area (Å²) in [5.41, 5.74) is 9.15. The van der Waals surface area contributed by atoms with Crippen molar-refractivity contribution < 1.29 is 4.39 Å². The Balaban J connectivity index is 1.92. The van der Waals surface area contributed by atoms with E-state index >= 15 is 0 Å². The van der Waals surface area contributed by atoms with E-state index in [0.717, 1.165) is 12.0 Å². The van der Waals surface area contributed by atoms with Crippen LogP contribution < -0.4 is 5.73 Å². The SMILES string of the molecule is Cc1cc(C(N)Cc2cccc3ccccc23)ccc1F. The first-order chi connectivity index (χ1) is 10.1. The predicted molar refractivity (Wildman–Crippen MR) is 85.7 cm³/mol. The summed E-state index contributed by atoms with van der Waals surface area (Å²) in [7, 11) is 0. The molecule has 2 N–H and O–H groups in total. The molecule has 0 aromatic heterocycles. The molecule has 3 aromatic rings. The molecule has 0 fully saturated rings. The maximum atomic E-state index is 13.4. The van der Waals surface area contributed by atoms with Gasteiger partial charge in [-0.05, 0) is 46.9 Å². The molecule has 3 aromatic carbocycles. The second-order valence-electron chi connectivity index (χ2n) is 5.46. The first kappa shape index (κ1) is 13.8. The van der Waals surface area contributed by atoms with Gasteiger partial charge in [0.25, 0.3) is 0 Å². The van der Waals surface area contributed by atoms with Crippen LogP contribution in [0.5, 0.6) is 0 Å². The molecule has 1 nitrogen and oxygen atoms in total. The molecule has 0 saturated carbocycles. The van der Waals surface area contributed by atoms with Crippen LogP contribution in [0, 0.1) is 12.7 Å². The molecule has 1 atom stereocenters. The average molecular weight is 279 g/mol. The van der Waals surface area contributed by atoms with Crippen molar-refractivity contribution in [2.24, 2.45) is 5.73 Å². The molecule has 1 unspecified atom stereocenters. The number of halogens is 1. The van der Waals surface area contributed by atoms with Crippen molar-refractivity contribution in [1.82, 2.24) is 0 Å². The Labute approximate surface area is 124 Å². The van der Waals surface area contributed by atoms with Crippen molar-refractivity contribution in [3.05, 3.63) is 83.2 Å². The van der Waals surface area contributed by atoms with Crippen LogP contribution in [-0.4, -0.2) is 0 Å². The van der Waals surface area contributed by atoms with E-state index in [1.165, 1.54) is 22.4 Å². The fourth-order valence-electron chi connectivity index (χ4n) is 2.72. The Morgan fingerprint density at radius 3 is 2.57 bits per heavy atom. The average Bonchev–Trinajstić information content (AvgIpc) is 2.50. The summed E-state index contributed by atoms with van der Waals surface area (Å²) in [6.07, 6.45) is 0.742. The van der Waals surface area contributed by atoms with E-state index in [0.29, 0.717) is 5.56 Å². The molecular formula is C19H18FN. The molecule has 106 valence electrons. The van der Waals surface area contributed by atoms with E-state index in [1.54, 1.807) is 13.0 Å². The summed E-state index contributed by atoms with van der Waals surface area (Å²) in [5, 5.41) is 2.45. The Morgan fingerprint density at radius 1 is 1.00 bits per heavy atom. The normalized spacial score (nSPS) is 12.5. The first-order valence-corrected chi connectivity index (χ1v) is 7.13. The zero-order valence-electron chi connectivity index (χ0n) is 12.0. The van der Waals surface area contributed by atoms with Gasteiger partial charge in [-0.15, -0.1) is 0 Å². The maximum Gasteiger partial charge on any atom is 0.126 e. The first-order valence-electron chi connectivity index (χ1n) is 7.13. The second kappa shape index (κ2) is 5.66. The van der Waals surface area contributed by atoms with Gasteiger partial charge in [0.15, 0.2) is 0 Å². The summed E-state index contributed by atoms with van der Waals surface area (Å²) in [5.74, 6) is -0.184. The van der Waals surface area contributed by atoms with Crippen molar-refractivity contribution in [2.45, 2.75) is 19.4 Å². The minimum Gasteiger partial charge on any atom is -0.324 e. The second-order valence-corrected chi connectivity index (χ2v) is 5.46. The third-order valence-electron chi connectivity index (χ3n) is 3.93. The third-order valence-corrected chi connectivity index (χ3v) is 3.93. The van der Waals surface area contributed by atoms with Crippen LogP contribution in [0.2, 0.25) is 0 Å². The Hall–Kier alpha value is -2.19. The molecule has 0 aliphatic rings. The number of rotatable bonds is 3. The van der Waals surface area contributed by atoms with Crippen LogP contribution >= 0.6 is 0 Å². The smallest absolute Gasteiger partial charge is 0.126 e. The number of benzene rings is 3. The number of hydrogen-bond acceptors (Lipinski definition) is 1. The summed E-state index contributed by atoms with van der Waals surface area (Å²) < 4.78 is 13.4. The van der Waals surface area contributed by atoms with E-state index in [4.69, 9.17) is 5.73 Å². The van der Waals surface area contributed by atoms with E-state index in [-0.39, 0.29) is 11.9 Å². The highest BCUT2D eigenvalue weighted by molar-refractivity contribution is 5.85. The lowest BCUT2D eigenvalue weighted by Gasteiger charge is -2.15. The Morgan fingerprint density at radius 2 is 1.76 bits per heavy atom. The van der Waals surface area contributed by atoms with Crippen molar-refractivity contribution in [1.29, 1.82) is 0 Å². The summed E-state index contributed by atoms with van der Waals surface area (Å²) >= 11 is 0. The van der Waals surface area contributed by atoms with E-state index in [1.807, 2.05) is 18.2 Å². The molecule has 0 aliphatic carbocycles. The van der Waals surface area contributed by atoms with Gasteiger partial charge in [0.1, 0.15) is 5.82 Å². The third kappa shape index (κ3) is 2.81. The van der Waals surface area contributed by atoms with Gasteiger partial charge in [-0.25, -0.2) is 4.39 Å². The fraction of sp³-hybridized carbons (Fsp3) is 0.158. The van der Waals surface area contributed by atoms with E-state index < -0.39 is 0 Å². The number of fused-ring (bicyclic) bond motifs is 1. The number of hydrogen-bond donors (Lipinski definition) is 1. The Kier molecular flexibility index (Phi) is 3.72. The van der Waals surface area contributed by atoms with Crippen LogP contribution in [0.4, 0.5) is 4.39 Å². The molecule has 0 bridgehead atoms. The van der Waals surface area contributed by atoms with Gasteiger partial charge in [0.05, 0.1) is 0 Å². The summed E-state index contributed by atoms with van der Waals surface area (Å²) in [6.45, 7) is 1.77. The summed E-state index contributed by atoms with van der Waals surface area (Å²) in [6, 6.07) is 19.5. The zero-order valence-corrected chi connectivity index (χ0v) is 12.0. The lowest BCUT2D eigenvalue weighted by molar-refractivity contribution is 0.615. The molecule has 2 heteroatoms. The number of aryl methyl sites for hydroxylation is 1. The highest BCUT2D eigenvalue weighted by Gasteiger charge is 2.10. The molecule has 21 heavy (non-hydrogen) atoms. The van der Waals surface area contributed by atoms with E-state index in [2.05, 4.69) is 30.3 Å². The van der Waals surface area contributed by atoms with Crippen LogP contribution in [0.25, 0.3) is 10.8 Å². The molecule has 0 aliphatic heterocycles. The van der Waals surface area contributed by atoms with Crippen LogP contribution in [-0.2, 0) is 6.42 Å². The minimum atomic E-state index is -0.184. The molecule has 0 spiro atoms. The van der Waals surface area contributed by atoms with Gasteiger partial charge in [0, 0.05) is 6.04 Å². The zero-order chi connectivity index (χ0) is 14.8. The molecule has 0 saturated heterocycles. The maximum absolute atomic E-state index is 13.4. The van der Waals surface area contributed by atoms with Crippen molar-refractivity contribution in [2.75, 3.05) is 0 Å². The largest absolute Gasteiger partial charge is 0.324 e. The van der Waals surface area contributed by atoms with Crippen LogP contribution in [0.3, 0.4) is 0 Å². The van der Waals surface area contributed by atoms with Crippen molar-refractivity contribution in [3.8, 4) is 0 Å². The van der Waals surface area contributed by atoms with Gasteiger partial charge in [-0.2, -0.15) is 0 Å². The van der Waals surface area contributed by atoms with Gasteiger partial charge < -0.3 is 5.73 Å². The van der Waals surface area contributed by atoms with Crippen molar-refractivity contribution in [3.63, 3.8) is 0 Å². The van der Waals surface area contributed by atoms with Crippen molar-refractivity contribution >= 4 is 10.8 Å². The highest BCUT2D eigenvalue weighted by Crippen LogP contribution is 2.24.